The van der Waals surface area contributed by atoms with Crippen LogP contribution < -0.4 is 10.6 Å². The van der Waals surface area contributed by atoms with Crippen molar-refractivity contribution in [3.05, 3.63) is 16.5 Å². The van der Waals surface area contributed by atoms with Crippen LogP contribution in [0.15, 0.2) is 6.07 Å². The third-order valence-electron chi connectivity index (χ3n) is 5.50. The van der Waals surface area contributed by atoms with Crippen molar-refractivity contribution in [3.8, 4) is 0 Å². The Morgan fingerprint density at radius 2 is 1.90 bits per heavy atom. The Bertz CT molecular complexity index is 769. The summed E-state index contributed by atoms with van der Waals surface area (Å²) in [5.41, 5.74) is 0.423. The van der Waals surface area contributed by atoms with Gasteiger partial charge in [0, 0.05) is 37.1 Å². The van der Waals surface area contributed by atoms with Crippen LogP contribution in [0, 0.1) is 0 Å². The van der Waals surface area contributed by atoms with E-state index in [0.29, 0.717) is 23.2 Å². The van der Waals surface area contributed by atoms with Crippen LogP contribution in [0.5, 0.6) is 0 Å². The fourth-order valence-electron chi connectivity index (χ4n) is 3.46. The summed E-state index contributed by atoms with van der Waals surface area (Å²) in [4.78, 5) is 42.3. The Balaban J connectivity index is 1.48. The lowest BCUT2D eigenvalue weighted by Crippen LogP contribution is -2.55. The highest BCUT2D eigenvalue weighted by molar-refractivity contribution is 7.16. The maximum absolute atomic E-state index is 12.6. The summed E-state index contributed by atoms with van der Waals surface area (Å²) in [7, 11) is 0. The maximum Gasteiger partial charge on any atom is 0.341 e. The number of carbonyl (C=O) groups excluding carboxylic acids is 3. The van der Waals surface area contributed by atoms with Gasteiger partial charge in [-0.25, -0.2) is 4.79 Å². The van der Waals surface area contributed by atoms with Gasteiger partial charge in [-0.1, -0.05) is 6.92 Å². The first-order valence-corrected chi connectivity index (χ1v) is 11.6. The van der Waals surface area contributed by atoms with E-state index in [0.717, 1.165) is 50.3 Å². The van der Waals surface area contributed by atoms with E-state index in [2.05, 4.69) is 20.4 Å². The number of rotatable bonds is 9. The molecule has 0 spiro atoms. The number of ether oxygens (including phenoxy) is 1. The number of aryl methyl sites for hydroxylation is 1. The number of anilines is 1. The van der Waals surface area contributed by atoms with Gasteiger partial charge in [0.05, 0.1) is 24.8 Å². The van der Waals surface area contributed by atoms with Gasteiger partial charge in [0.25, 0.3) is 0 Å². The summed E-state index contributed by atoms with van der Waals surface area (Å²) in [6.07, 6.45) is 2.97. The monoisotopic (exact) mass is 436 g/mol. The molecule has 30 heavy (non-hydrogen) atoms. The standard InChI is InChI=1S/C21H32N4O4S/c1-4-16-12-17(21(28)29-5-2)20(30-16)23-18(26)13-24-8-10-25(11-9-24)14(3)19(27)22-15-6-7-15/h12,14-15H,4-11,13H2,1-3H3,(H,22,27)(H,23,26). The minimum atomic E-state index is -0.407. The van der Waals surface area contributed by atoms with Crippen LogP contribution in [0.4, 0.5) is 5.00 Å². The molecule has 1 saturated carbocycles. The summed E-state index contributed by atoms with van der Waals surface area (Å²) < 4.78 is 5.11. The molecule has 3 rings (SSSR count). The van der Waals surface area contributed by atoms with Crippen LogP contribution in [0.3, 0.4) is 0 Å². The molecule has 8 nitrogen and oxygen atoms in total. The van der Waals surface area contributed by atoms with Crippen molar-refractivity contribution in [2.75, 3.05) is 44.6 Å². The molecule has 2 amide bonds. The zero-order valence-electron chi connectivity index (χ0n) is 18.0. The highest BCUT2D eigenvalue weighted by Crippen LogP contribution is 2.29. The lowest BCUT2D eigenvalue weighted by Gasteiger charge is -2.37. The van der Waals surface area contributed by atoms with Crippen LogP contribution in [0.1, 0.15) is 48.8 Å². The molecule has 9 heteroatoms. The molecule has 1 atom stereocenters. The highest BCUT2D eigenvalue weighted by atomic mass is 32.1. The van der Waals surface area contributed by atoms with Crippen LogP contribution >= 0.6 is 11.3 Å². The molecule has 0 aromatic carbocycles. The largest absolute Gasteiger partial charge is 0.462 e. The van der Waals surface area contributed by atoms with Gasteiger partial charge < -0.3 is 15.4 Å². The fraction of sp³-hybridized carbons (Fsp3) is 0.667. The summed E-state index contributed by atoms with van der Waals surface area (Å²) in [6, 6.07) is 2.02. The number of nitrogens with one attached hydrogen (secondary N) is 2. The summed E-state index contributed by atoms with van der Waals surface area (Å²) in [5.74, 6) is -0.450. The van der Waals surface area contributed by atoms with Gasteiger partial charge >= 0.3 is 5.97 Å². The van der Waals surface area contributed by atoms with Gasteiger partial charge in [0.1, 0.15) is 5.00 Å². The second-order valence-corrected chi connectivity index (χ2v) is 8.99. The molecule has 0 radical (unpaired) electrons. The van der Waals surface area contributed by atoms with Crippen molar-refractivity contribution < 1.29 is 19.1 Å². The maximum atomic E-state index is 12.6. The molecule has 1 aromatic heterocycles. The molecule has 0 bridgehead atoms. The molecule has 1 unspecified atom stereocenters. The predicted octanol–water partition coefficient (Wildman–Crippen LogP) is 1.71. The Kier molecular flexibility index (Phi) is 7.85. The Hall–Kier alpha value is -1.97. The molecule has 166 valence electrons. The quantitative estimate of drug-likeness (QED) is 0.573. The first-order chi connectivity index (χ1) is 14.4. The van der Waals surface area contributed by atoms with Crippen molar-refractivity contribution >= 4 is 34.1 Å². The molecule has 2 fully saturated rings. The third kappa shape index (κ3) is 6.02. The molecule has 2 heterocycles. The van der Waals surface area contributed by atoms with Crippen LogP contribution in [0.2, 0.25) is 0 Å². The molecule has 1 aliphatic heterocycles. The second kappa shape index (κ2) is 10.4. The number of hydrogen-bond donors (Lipinski definition) is 2. The van der Waals surface area contributed by atoms with Crippen molar-refractivity contribution in [1.82, 2.24) is 15.1 Å². The van der Waals surface area contributed by atoms with Crippen LogP contribution in [0.25, 0.3) is 0 Å². The van der Waals surface area contributed by atoms with E-state index in [1.54, 1.807) is 13.0 Å². The van der Waals surface area contributed by atoms with E-state index >= 15 is 0 Å². The number of nitrogens with zero attached hydrogens (tertiary/aromatic N) is 2. The second-order valence-electron chi connectivity index (χ2n) is 7.85. The number of thiophene rings is 1. The summed E-state index contributed by atoms with van der Waals surface area (Å²) in [6.45, 7) is 9.23. The van der Waals surface area contributed by atoms with Crippen molar-refractivity contribution in [2.45, 2.75) is 52.1 Å². The molecule has 1 aromatic rings. The Morgan fingerprint density at radius 1 is 1.20 bits per heavy atom. The van der Waals surface area contributed by atoms with Gasteiger partial charge in [0.15, 0.2) is 0 Å². The average molecular weight is 437 g/mol. The normalized spacial score (nSPS) is 18.6. The van der Waals surface area contributed by atoms with Gasteiger partial charge in [0.2, 0.25) is 11.8 Å². The Labute approximate surface area is 181 Å². The van der Waals surface area contributed by atoms with Crippen LogP contribution in [-0.2, 0) is 20.7 Å². The Morgan fingerprint density at radius 3 is 2.50 bits per heavy atom. The molecule has 1 aliphatic carbocycles. The molecular weight excluding hydrogens is 404 g/mol. The smallest absolute Gasteiger partial charge is 0.341 e. The SMILES string of the molecule is CCOC(=O)c1cc(CC)sc1NC(=O)CN1CCN(C(C)C(=O)NC2CC2)CC1. The number of hydrogen-bond acceptors (Lipinski definition) is 7. The first kappa shape index (κ1) is 22.7. The van der Waals surface area contributed by atoms with Crippen molar-refractivity contribution in [1.29, 1.82) is 0 Å². The van der Waals surface area contributed by atoms with Gasteiger partial charge in [-0.2, -0.15) is 0 Å². The number of piperazine rings is 1. The molecule has 2 aliphatic rings. The molecular formula is C21H32N4O4S. The van der Waals surface area contributed by atoms with E-state index in [1.165, 1.54) is 11.3 Å². The van der Waals surface area contributed by atoms with Gasteiger partial charge in [-0.15, -0.1) is 11.3 Å². The predicted molar refractivity (Wildman–Crippen MR) is 117 cm³/mol. The lowest BCUT2D eigenvalue weighted by molar-refractivity contribution is -0.127. The zero-order valence-corrected chi connectivity index (χ0v) is 18.8. The van der Waals surface area contributed by atoms with Crippen LogP contribution in [-0.4, -0.2) is 79.0 Å². The minimum absolute atomic E-state index is 0.0969. The van der Waals surface area contributed by atoms with E-state index < -0.39 is 5.97 Å². The minimum Gasteiger partial charge on any atom is -0.462 e. The lowest BCUT2D eigenvalue weighted by atomic mass is 10.2. The summed E-state index contributed by atoms with van der Waals surface area (Å²) >= 11 is 1.42. The average Bonchev–Trinajstić information content (AvgIpc) is 3.45. The topological polar surface area (TPSA) is 91.0 Å². The van der Waals surface area contributed by atoms with E-state index in [-0.39, 0.29) is 24.4 Å². The number of carbonyl (C=O) groups is 3. The third-order valence-corrected chi connectivity index (χ3v) is 6.70. The summed E-state index contributed by atoms with van der Waals surface area (Å²) in [5, 5.41) is 6.50. The highest BCUT2D eigenvalue weighted by Gasteiger charge is 2.30. The zero-order chi connectivity index (χ0) is 21.7. The van der Waals surface area contributed by atoms with Crippen molar-refractivity contribution in [3.63, 3.8) is 0 Å². The number of esters is 1. The van der Waals surface area contributed by atoms with E-state index in [9.17, 15) is 14.4 Å². The fourth-order valence-corrected chi connectivity index (χ4v) is 4.46. The molecule has 1 saturated heterocycles. The number of amides is 2. The van der Waals surface area contributed by atoms with E-state index in [4.69, 9.17) is 4.74 Å². The molecule has 2 N–H and O–H groups in total. The van der Waals surface area contributed by atoms with Gasteiger partial charge in [-0.3, -0.25) is 19.4 Å². The van der Waals surface area contributed by atoms with E-state index in [1.807, 2.05) is 13.8 Å². The van der Waals surface area contributed by atoms with Crippen molar-refractivity contribution in [2.24, 2.45) is 0 Å². The van der Waals surface area contributed by atoms with Gasteiger partial charge in [-0.05, 0) is 39.2 Å². The first-order valence-electron chi connectivity index (χ1n) is 10.8.